The maximum atomic E-state index is 9.89. The van der Waals surface area contributed by atoms with E-state index in [1.807, 2.05) is 84.9 Å². The van der Waals surface area contributed by atoms with Crippen LogP contribution in [0, 0.1) is 0 Å². The molecule has 0 aliphatic carbocycles. The van der Waals surface area contributed by atoms with Crippen LogP contribution in [-0.2, 0) is 0 Å². The summed E-state index contributed by atoms with van der Waals surface area (Å²) < 4.78 is 113. The van der Waals surface area contributed by atoms with E-state index in [0.29, 0.717) is 28.3 Å². The van der Waals surface area contributed by atoms with Gasteiger partial charge < -0.3 is 4.57 Å². The van der Waals surface area contributed by atoms with Gasteiger partial charge in [-0.3, -0.25) is 0 Å². The average molecular weight is 895 g/mol. The number of rotatable bonds is 6. The van der Waals surface area contributed by atoms with Gasteiger partial charge >= 0.3 is 0 Å². The fourth-order valence-electron chi connectivity index (χ4n) is 9.64. The van der Waals surface area contributed by atoms with Crippen LogP contribution in [0.2, 0.25) is 0 Å². The van der Waals surface area contributed by atoms with E-state index in [1.54, 1.807) is 17.4 Å². The Hall–Kier alpha value is -8.77. The van der Waals surface area contributed by atoms with E-state index in [4.69, 9.17) is 24.5 Å². The molecule has 0 aliphatic rings. The standard InChI is InChI=1S/C63H38N4S/c1-3-15-39(16-4-1)41-29-33-57-54(36-41)50-23-11-13-25-56(50)67(57)58-34-30-43(42-27-31-49-47-21-8-7-19-45(47)46-20-9-10-22-48(46)53(49)35-42)37-55(58)63-65-61(40-17-5-2-6-18-40)64-62(66-63)44-28-32-52-51-24-12-14-26-59(51)68-60(52)38-44/h1-38H/i1D,3D,4D,11D,13D,15D,16D,23D,25D,29D,33D,36D. The second-order valence-electron chi connectivity index (χ2n) is 16.6. The van der Waals surface area contributed by atoms with Crippen LogP contribution >= 0.6 is 11.3 Å². The van der Waals surface area contributed by atoms with Crippen LogP contribution < -0.4 is 0 Å². The van der Waals surface area contributed by atoms with E-state index in [-0.39, 0.29) is 33.3 Å². The average Bonchev–Trinajstić information content (AvgIpc) is 4.14. The highest BCUT2D eigenvalue weighted by atomic mass is 32.1. The normalized spacial score (nSPS) is 14.3. The molecule has 5 heteroatoms. The SMILES string of the molecule is [2H]c1c([2H])c([2H])c(-c2c([2H])c([2H])c3c(c2[2H])c2c([2H])c([2H])c([2H])c([2H])c2n3-c2ccc(-c3ccc4c5ccccc5c5ccccc5c4c3)cc2-c2nc(-c3ccccc3)nc(-c3ccc4c(c3)sc3ccccc34)n2)c([2H])c1[2H]. The maximum absolute atomic E-state index is 9.89. The van der Waals surface area contributed by atoms with Crippen LogP contribution in [0.5, 0.6) is 0 Å². The summed E-state index contributed by atoms with van der Waals surface area (Å²) in [4.78, 5) is 15.6. The molecule has 4 nitrogen and oxygen atoms in total. The Morgan fingerprint density at radius 1 is 0.338 bits per heavy atom. The summed E-state index contributed by atoms with van der Waals surface area (Å²) in [6.07, 6.45) is 0. The molecule has 0 N–H and O–H groups in total. The van der Waals surface area contributed by atoms with Crippen LogP contribution in [0.3, 0.4) is 0 Å². The molecule has 0 aliphatic heterocycles. The summed E-state index contributed by atoms with van der Waals surface area (Å²) in [5, 5.41) is 8.33. The zero-order valence-electron chi connectivity index (χ0n) is 47.7. The van der Waals surface area contributed by atoms with E-state index in [9.17, 15) is 6.85 Å². The fourth-order valence-corrected chi connectivity index (χ4v) is 10.8. The van der Waals surface area contributed by atoms with Gasteiger partial charge in [-0.2, -0.15) is 0 Å². The number of hydrogen-bond donors (Lipinski definition) is 0. The van der Waals surface area contributed by atoms with Gasteiger partial charge in [-0.15, -0.1) is 11.3 Å². The molecule has 0 saturated carbocycles. The molecule has 0 fully saturated rings. The molecule has 3 heterocycles. The summed E-state index contributed by atoms with van der Waals surface area (Å²) in [7, 11) is 0. The molecule has 0 saturated heterocycles. The molecule has 0 radical (unpaired) electrons. The third kappa shape index (κ3) is 6.17. The van der Waals surface area contributed by atoms with Gasteiger partial charge in [-0.25, -0.2) is 15.0 Å². The van der Waals surface area contributed by atoms with Crippen molar-refractivity contribution in [1.29, 1.82) is 0 Å². The van der Waals surface area contributed by atoms with Crippen molar-refractivity contribution in [2.45, 2.75) is 0 Å². The van der Waals surface area contributed by atoms with Gasteiger partial charge in [-0.05, 0) is 103 Å². The Morgan fingerprint density at radius 3 is 1.71 bits per heavy atom. The van der Waals surface area contributed by atoms with Gasteiger partial charge in [0.15, 0.2) is 17.5 Å². The molecule has 0 amide bonds. The largest absolute Gasteiger partial charge is 0.309 e. The van der Waals surface area contributed by atoms with Crippen molar-refractivity contribution in [3.63, 3.8) is 0 Å². The predicted molar refractivity (Wildman–Crippen MR) is 287 cm³/mol. The highest BCUT2D eigenvalue weighted by molar-refractivity contribution is 7.25. The van der Waals surface area contributed by atoms with Crippen molar-refractivity contribution in [3.8, 4) is 62.1 Å². The quantitative estimate of drug-likeness (QED) is 0.156. The minimum Gasteiger partial charge on any atom is -0.309 e. The Labute approximate surface area is 412 Å². The smallest absolute Gasteiger partial charge is 0.166 e. The Kier molecular flexibility index (Phi) is 6.42. The number of benzene rings is 11. The maximum Gasteiger partial charge on any atom is 0.166 e. The Morgan fingerprint density at radius 2 is 0.912 bits per heavy atom. The summed E-state index contributed by atoms with van der Waals surface area (Å²) >= 11 is 1.65. The minimum atomic E-state index is -0.705. The zero-order valence-corrected chi connectivity index (χ0v) is 36.5. The first-order valence-electron chi connectivity index (χ1n) is 28.0. The lowest BCUT2D eigenvalue weighted by Gasteiger charge is -2.17. The van der Waals surface area contributed by atoms with Crippen molar-refractivity contribution < 1.29 is 16.4 Å². The van der Waals surface area contributed by atoms with Gasteiger partial charge in [0.1, 0.15) is 0 Å². The number of para-hydroxylation sites is 1. The molecule has 0 unspecified atom stereocenters. The summed E-state index contributed by atoms with van der Waals surface area (Å²) in [6.45, 7) is 0. The molecule has 14 rings (SSSR count). The number of fused-ring (bicyclic) bond motifs is 12. The van der Waals surface area contributed by atoms with Crippen molar-refractivity contribution in [2.24, 2.45) is 0 Å². The lowest BCUT2D eigenvalue weighted by molar-refractivity contribution is 1.07. The monoisotopic (exact) mass is 894 g/mol. The van der Waals surface area contributed by atoms with Crippen molar-refractivity contribution in [3.05, 3.63) is 230 Å². The van der Waals surface area contributed by atoms with Gasteiger partial charge in [0.2, 0.25) is 0 Å². The molecule has 3 aromatic heterocycles. The van der Waals surface area contributed by atoms with Gasteiger partial charge in [0, 0.05) is 47.6 Å². The first-order chi connectivity index (χ1) is 38.7. The Bertz CT molecular complexity index is 4990. The van der Waals surface area contributed by atoms with Crippen LogP contribution in [0.4, 0.5) is 0 Å². The lowest BCUT2D eigenvalue weighted by Crippen LogP contribution is -2.04. The second kappa shape index (κ2) is 15.4. The van der Waals surface area contributed by atoms with Gasteiger partial charge in [-0.1, -0.05) is 182 Å². The molecular weight excluding hydrogens is 845 g/mol. The third-order valence-corrected chi connectivity index (χ3v) is 13.9. The lowest BCUT2D eigenvalue weighted by atomic mass is 9.91. The Balaban J connectivity index is 1.11. The molecule has 316 valence electrons. The molecule has 0 spiro atoms. The first kappa shape index (κ1) is 28.3. The molecule has 0 bridgehead atoms. The number of aromatic nitrogens is 4. The van der Waals surface area contributed by atoms with Crippen LogP contribution in [0.25, 0.3) is 136 Å². The number of nitrogens with zero attached hydrogens (tertiary/aromatic N) is 4. The van der Waals surface area contributed by atoms with E-state index < -0.39 is 83.6 Å². The first-order valence-corrected chi connectivity index (χ1v) is 22.8. The van der Waals surface area contributed by atoms with E-state index in [1.165, 1.54) is 4.57 Å². The van der Waals surface area contributed by atoms with Crippen LogP contribution in [0.1, 0.15) is 16.4 Å². The van der Waals surface area contributed by atoms with Crippen LogP contribution in [0.15, 0.2) is 230 Å². The van der Waals surface area contributed by atoms with Crippen LogP contribution in [-0.4, -0.2) is 19.5 Å². The minimum absolute atomic E-state index is 0.128. The molecule has 68 heavy (non-hydrogen) atoms. The van der Waals surface area contributed by atoms with E-state index >= 15 is 0 Å². The summed E-state index contributed by atoms with van der Waals surface area (Å²) in [6, 6.07) is 44.7. The highest BCUT2D eigenvalue weighted by Crippen LogP contribution is 2.42. The fraction of sp³-hybridized carbons (Fsp3) is 0. The van der Waals surface area contributed by atoms with E-state index in [2.05, 4.69) is 66.7 Å². The zero-order chi connectivity index (χ0) is 55.2. The van der Waals surface area contributed by atoms with Gasteiger partial charge in [0.05, 0.1) is 33.2 Å². The van der Waals surface area contributed by atoms with E-state index in [0.717, 1.165) is 63.6 Å². The van der Waals surface area contributed by atoms with Crippen molar-refractivity contribution in [2.75, 3.05) is 0 Å². The predicted octanol–water partition coefficient (Wildman–Crippen LogP) is 17.1. The van der Waals surface area contributed by atoms with Crippen molar-refractivity contribution >= 4 is 85.6 Å². The number of hydrogen-bond acceptors (Lipinski definition) is 4. The summed E-state index contributed by atoms with van der Waals surface area (Å²) in [5.41, 5.74) is 2.29. The topological polar surface area (TPSA) is 43.6 Å². The molecule has 14 aromatic rings. The second-order valence-corrected chi connectivity index (χ2v) is 17.7. The molecule has 11 aromatic carbocycles. The van der Waals surface area contributed by atoms with Crippen molar-refractivity contribution in [1.82, 2.24) is 19.5 Å². The number of thiophene rings is 1. The van der Waals surface area contributed by atoms with Gasteiger partial charge in [0.25, 0.3) is 0 Å². The third-order valence-electron chi connectivity index (χ3n) is 12.8. The highest BCUT2D eigenvalue weighted by Gasteiger charge is 2.22. The molecule has 0 atom stereocenters. The summed E-state index contributed by atoms with van der Waals surface area (Å²) in [5.74, 6) is 0.830. The molecular formula is C63H38N4S.